The molecule has 0 aromatic rings. The standard InChI is InChI=1S/C21H33N3O5/c1-11(2)16(18(26)29-12(3)17(25)24-20(28)22-4)23-19(27)21-8-13-5-14(9-21)7-15(6-13)10-21/h11-16H,5-10H2,1-4H3,(H,23,27)(H2,22,24,25,28)/t12-,13?,14?,15?,16-,21?/m0/s1. The quantitative estimate of drug-likeness (QED) is 0.580. The van der Waals surface area contributed by atoms with E-state index in [9.17, 15) is 19.2 Å². The molecule has 162 valence electrons. The molecule has 0 aliphatic heterocycles. The van der Waals surface area contributed by atoms with E-state index in [2.05, 4.69) is 16.0 Å². The first kappa shape index (κ1) is 21.6. The summed E-state index contributed by atoms with van der Waals surface area (Å²) in [5.74, 6) is 0.286. The molecule has 0 heterocycles. The van der Waals surface area contributed by atoms with Crippen LogP contribution in [-0.2, 0) is 19.1 Å². The van der Waals surface area contributed by atoms with Crippen molar-refractivity contribution in [3.8, 4) is 0 Å². The van der Waals surface area contributed by atoms with Crippen LogP contribution in [-0.4, -0.2) is 43.0 Å². The van der Waals surface area contributed by atoms with Gasteiger partial charge in [-0.25, -0.2) is 9.59 Å². The Kier molecular flexibility index (Phi) is 6.19. The SMILES string of the molecule is CNC(=O)NC(=O)[C@H](C)OC(=O)[C@@H](NC(=O)C12CC3CC(CC(C3)C1)C2)C(C)C. The van der Waals surface area contributed by atoms with Crippen LogP contribution in [0.3, 0.4) is 0 Å². The minimum Gasteiger partial charge on any atom is -0.451 e. The van der Waals surface area contributed by atoms with Crippen molar-refractivity contribution in [1.29, 1.82) is 0 Å². The smallest absolute Gasteiger partial charge is 0.329 e. The Labute approximate surface area is 171 Å². The Balaban J connectivity index is 1.62. The number of rotatable bonds is 6. The molecule has 4 bridgehead atoms. The zero-order valence-electron chi connectivity index (χ0n) is 17.7. The lowest BCUT2D eigenvalue weighted by Gasteiger charge is -2.55. The van der Waals surface area contributed by atoms with Gasteiger partial charge in [0.25, 0.3) is 5.91 Å². The Hall–Kier alpha value is -2.12. The van der Waals surface area contributed by atoms with E-state index in [1.807, 2.05) is 13.8 Å². The van der Waals surface area contributed by atoms with E-state index in [1.165, 1.54) is 33.2 Å². The molecule has 0 spiro atoms. The molecule has 8 heteroatoms. The van der Waals surface area contributed by atoms with Gasteiger partial charge in [0.15, 0.2) is 6.10 Å². The van der Waals surface area contributed by atoms with Gasteiger partial charge in [-0.3, -0.25) is 14.9 Å². The normalized spacial score (nSPS) is 31.7. The summed E-state index contributed by atoms with van der Waals surface area (Å²) >= 11 is 0. The Morgan fingerprint density at radius 3 is 1.90 bits per heavy atom. The van der Waals surface area contributed by atoms with Gasteiger partial charge in [0.05, 0.1) is 0 Å². The van der Waals surface area contributed by atoms with Crippen molar-refractivity contribution in [3.05, 3.63) is 0 Å². The number of esters is 1. The summed E-state index contributed by atoms with van der Waals surface area (Å²) in [5.41, 5.74) is -0.357. The lowest BCUT2D eigenvalue weighted by Crippen LogP contribution is -2.57. The summed E-state index contributed by atoms with van der Waals surface area (Å²) in [6, 6.07) is -1.50. The molecule has 8 nitrogen and oxygen atoms in total. The van der Waals surface area contributed by atoms with E-state index >= 15 is 0 Å². The predicted octanol–water partition coefficient (Wildman–Crippen LogP) is 1.73. The van der Waals surface area contributed by atoms with Crippen LogP contribution >= 0.6 is 0 Å². The maximum Gasteiger partial charge on any atom is 0.329 e. The molecular weight excluding hydrogens is 374 g/mol. The third-order valence-corrected chi connectivity index (χ3v) is 6.85. The summed E-state index contributed by atoms with van der Waals surface area (Å²) in [6.45, 7) is 5.07. The zero-order chi connectivity index (χ0) is 21.3. The highest BCUT2D eigenvalue weighted by Crippen LogP contribution is 2.60. The number of hydrogen-bond acceptors (Lipinski definition) is 5. The Morgan fingerprint density at radius 1 is 0.931 bits per heavy atom. The van der Waals surface area contributed by atoms with Crippen LogP contribution in [0.2, 0.25) is 0 Å². The second-order valence-electron chi connectivity index (χ2n) is 9.54. The van der Waals surface area contributed by atoms with Crippen molar-refractivity contribution in [3.63, 3.8) is 0 Å². The van der Waals surface area contributed by atoms with E-state index in [1.54, 1.807) is 0 Å². The molecule has 4 saturated carbocycles. The molecule has 29 heavy (non-hydrogen) atoms. The highest BCUT2D eigenvalue weighted by atomic mass is 16.5. The third-order valence-electron chi connectivity index (χ3n) is 6.85. The Bertz CT molecular complexity index is 655. The lowest BCUT2D eigenvalue weighted by molar-refractivity contribution is -0.161. The number of amides is 4. The van der Waals surface area contributed by atoms with Crippen LogP contribution in [0.15, 0.2) is 0 Å². The van der Waals surface area contributed by atoms with Crippen molar-refractivity contribution < 1.29 is 23.9 Å². The van der Waals surface area contributed by atoms with Gasteiger partial charge in [-0.2, -0.15) is 0 Å². The number of nitrogens with one attached hydrogen (secondary N) is 3. The van der Waals surface area contributed by atoms with E-state index in [0.29, 0.717) is 17.8 Å². The highest BCUT2D eigenvalue weighted by Gasteiger charge is 2.55. The van der Waals surface area contributed by atoms with Crippen LogP contribution in [0.5, 0.6) is 0 Å². The van der Waals surface area contributed by atoms with E-state index in [-0.39, 0.29) is 17.2 Å². The topological polar surface area (TPSA) is 114 Å². The number of urea groups is 1. The van der Waals surface area contributed by atoms with E-state index in [0.717, 1.165) is 19.3 Å². The number of ether oxygens (including phenoxy) is 1. The van der Waals surface area contributed by atoms with Gasteiger partial charge in [-0.05, 0) is 69.1 Å². The van der Waals surface area contributed by atoms with Crippen LogP contribution < -0.4 is 16.0 Å². The van der Waals surface area contributed by atoms with Crippen molar-refractivity contribution >= 4 is 23.8 Å². The van der Waals surface area contributed by atoms with Gasteiger partial charge < -0.3 is 15.4 Å². The molecular formula is C21H33N3O5. The largest absolute Gasteiger partial charge is 0.451 e. The first-order valence-corrected chi connectivity index (χ1v) is 10.7. The molecule has 4 rings (SSSR count). The monoisotopic (exact) mass is 407 g/mol. The highest BCUT2D eigenvalue weighted by molar-refractivity contribution is 5.97. The van der Waals surface area contributed by atoms with Crippen molar-refractivity contribution in [1.82, 2.24) is 16.0 Å². The van der Waals surface area contributed by atoms with Crippen molar-refractivity contribution in [2.24, 2.45) is 29.1 Å². The summed E-state index contributed by atoms with van der Waals surface area (Å²) < 4.78 is 5.26. The third kappa shape index (κ3) is 4.56. The average molecular weight is 408 g/mol. The van der Waals surface area contributed by atoms with Crippen molar-refractivity contribution in [2.75, 3.05) is 7.05 Å². The molecule has 4 aliphatic carbocycles. The Morgan fingerprint density at radius 2 is 1.45 bits per heavy atom. The fraction of sp³-hybridized carbons (Fsp3) is 0.810. The molecule has 0 saturated heterocycles. The van der Waals surface area contributed by atoms with Crippen LogP contribution in [0.1, 0.15) is 59.3 Å². The fourth-order valence-electron chi connectivity index (χ4n) is 5.76. The minimum atomic E-state index is -1.14. The molecule has 4 fully saturated rings. The number of hydrogen-bond donors (Lipinski definition) is 3. The fourth-order valence-corrected chi connectivity index (χ4v) is 5.76. The van der Waals surface area contributed by atoms with E-state index < -0.39 is 30.1 Å². The molecule has 0 unspecified atom stereocenters. The summed E-state index contributed by atoms with van der Waals surface area (Å²) in [4.78, 5) is 49.2. The summed E-state index contributed by atoms with van der Waals surface area (Å²) in [5, 5.41) is 7.29. The van der Waals surface area contributed by atoms with Gasteiger partial charge in [0.2, 0.25) is 5.91 Å². The van der Waals surface area contributed by atoms with Crippen LogP contribution in [0.4, 0.5) is 4.79 Å². The summed E-state index contributed by atoms with van der Waals surface area (Å²) in [6.07, 6.45) is 5.30. The maximum absolute atomic E-state index is 13.3. The second-order valence-corrected chi connectivity index (χ2v) is 9.54. The predicted molar refractivity (Wildman–Crippen MR) is 106 cm³/mol. The molecule has 0 aromatic heterocycles. The van der Waals surface area contributed by atoms with Gasteiger partial charge in [0.1, 0.15) is 6.04 Å². The zero-order valence-corrected chi connectivity index (χ0v) is 17.7. The number of carbonyl (C=O) groups is 4. The maximum atomic E-state index is 13.3. The van der Waals surface area contributed by atoms with Crippen molar-refractivity contribution in [2.45, 2.75) is 71.4 Å². The van der Waals surface area contributed by atoms with Gasteiger partial charge in [0, 0.05) is 12.5 Å². The first-order valence-electron chi connectivity index (χ1n) is 10.7. The number of imide groups is 1. The first-order chi connectivity index (χ1) is 13.6. The molecule has 4 amide bonds. The second kappa shape index (κ2) is 8.32. The van der Waals surface area contributed by atoms with E-state index in [4.69, 9.17) is 4.74 Å². The molecule has 3 N–H and O–H groups in total. The molecule has 0 aromatic carbocycles. The van der Waals surface area contributed by atoms with Gasteiger partial charge >= 0.3 is 12.0 Å². The van der Waals surface area contributed by atoms with Gasteiger partial charge in [-0.1, -0.05) is 13.8 Å². The lowest BCUT2D eigenvalue weighted by atomic mass is 9.49. The summed E-state index contributed by atoms with van der Waals surface area (Å²) in [7, 11) is 1.38. The molecule has 0 radical (unpaired) electrons. The average Bonchev–Trinajstić information content (AvgIpc) is 2.64. The van der Waals surface area contributed by atoms with Gasteiger partial charge in [-0.15, -0.1) is 0 Å². The molecule has 2 atom stereocenters. The minimum absolute atomic E-state index is 0.0466. The number of carbonyl (C=O) groups excluding carboxylic acids is 4. The molecule has 4 aliphatic rings. The van der Waals surface area contributed by atoms with Crippen LogP contribution in [0.25, 0.3) is 0 Å². The van der Waals surface area contributed by atoms with Crippen LogP contribution in [0, 0.1) is 29.1 Å².